The molecule has 0 aromatic rings. The Morgan fingerprint density at radius 1 is 1.44 bits per heavy atom. The quantitative estimate of drug-likeness (QED) is 0.721. The molecule has 5 nitrogen and oxygen atoms in total. The summed E-state index contributed by atoms with van der Waals surface area (Å²) in [6, 6.07) is 0. The van der Waals surface area contributed by atoms with Crippen molar-refractivity contribution in [2.45, 2.75) is 12.8 Å². The molecule has 0 spiro atoms. The van der Waals surface area contributed by atoms with E-state index in [0.29, 0.717) is 17.9 Å². The highest BCUT2D eigenvalue weighted by Gasteiger charge is 2.48. The highest BCUT2D eigenvalue weighted by atomic mass is 35.5. The van der Waals surface area contributed by atoms with Crippen molar-refractivity contribution >= 4 is 29.4 Å². The molecule has 2 rings (SSSR count). The Bertz CT molecular complexity index is 404. The van der Waals surface area contributed by atoms with Gasteiger partial charge in [0.15, 0.2) is 0 Å². The maximum Gasteiger partial charge on any atom is 0.323 e. The van der Waals surface area contributed by atoms with Gasteiger partial charge >= 0.3 is 5.97 Å². The van der Waals surface area contributed by atoms with Gasteiger partial charge in [-0.1, -0.05) is 17.7 Å². The van der Waals surface area contributed by atoms with Gasteiger partial charge in [-0.25, -0.2) is 0 Å². The van der Waals surface area contributed by atoms with Crippen LogP contribution in [-0.4, -0.2) is 34.3 Å². The molecule has 1 heterocycles. The number of fused-ring (bicyclic) bond motifs is 1. The first-order valence-corrected chi connectivity index (χ1v) is 5.30. The molecular weight excluding hydrogens is 234 g/mol. The van der Waals surface area contributed by atoms with Crippen LogP contribution in [0.2, 0.25) is 0 Å². The Hall–Kier alpha value is -1.36. The van der Waals surface area contributed by atoms with Crippen molar-refractivity contribution in [1.29, 1.82) is 0 Å². The van der Waals surface area contributed by atoms with E-state index in [1.165, 1.54) is 0 Å². The van der Waals surface area contributed by atoms with Crippen molar-refractivity contribution < 1.29 is 19.5 Å². The third-order valence-corrected chi connectivity index (χ3v) is 3.26. The smallest absolute Gasteiger partial charge is 0.323 e. The van der Waals surface area contributed by atoms with Crippen LogP contribution in [0, 0.1) is 11.8 Å². The minimum Gasteiger partial charge on any atom is -0.480 e. The number of carboxylic acid groups (broad SMARTS) is 1. The Morgan fingerprint density at radius 2 is 2.06 bits per heavy atom. The molecule has 1 saturated heterocycles. The topological polar surface area (TPSA) is 74.7 Å². The Kier molecular flexibility index (Phi) is 2.71. The monoisotopic (exact) mass is 243 g/mol. The molecule has 0 saturated carbocycles. The number of halogens is 1. The van der Waals surface area contributed by atoms with Crippen molar-refractivity contribution in [3.05, 3.63) is 11.1 Å². The van der Waals surface area contributed by atoms with Crippen LogP contribution in [0.25, 0.3) is 0 Å². The lowest BCUT2D eigenvalue weighted by molar-refractivity contribution is -0.149. The molecule has 6 heteroatoms. The van der Waals surface area contributed by atoms with Crippen LogP contribution in [0.4, 0.5) is 0 Å². The van der Waals surface area contributed by atoms with Gasteiger partial charge in [0.05, 0.1) is 11.8 Å². The first-order chi connectivity index (χ1) is 7.50. The number of rotatable bonds is 2. The summed E-state index contributed by atoms with van der Waals surface area (Å²) in [5.74, 6) is -2.88. The summed E-state index contributed by atoms with van der Waals surface area (Å²) < 4.78 is 0. The first kappa shape index (κ1) is 11.1. The minimum absolute atomic E-state index is 0.340. The number of carbonyl (C=O) groups is 3. The van der Waals surface area contributed by atoms with E-state index in [2.05, 4.69) is 0 Å². The predicted octanol–water partition coefficient (Wildman–Crippen LogP) is 0.589. The van der Waals surface area contributed by atoms with Gasteiger partial charge < -0.3 is 5.11 Å². The van der Waals surface area contributed by atoms with Gasteiger partial charge in [-0.2, -0.15) is 0 Å². The maximum absolute atomic E-state index is 11.8. The molecule has 0 aromatic carbocycles. The number of carboxylic acids is 1. The summed E-state index contributed by atoms with van der Waals surface area (Å²) in [7, 11) is 0. The zero-order valence-electron chi connectivity index (χ0n) is 8.35. The lowest BCUT2D eigenvalue weighted by Gasteiger charge is -2.17. The van der Waals surface area contributed by atoms with Crippen molar-refractivity contribution in [1.82, 2.24) is 4.90 Å². The molecule has 1 aliphatic heterocycles. The van der Waals surface area contributed by atoms with Crippen molar-refractivity contribution in [2.75, 3.05) is 6.54 Å². The fraction of sp³-hybridized carbons (Fsp3) is 0.500. The van der Waals surface area contributed by atoms with Gasteiger partial charge in [-0.3, -0.25) is 19.3 Å². The molecule has 2 amide bonds. The van der Waals surface area contributed by atoms with Crippen LogP contribution in [-0.2, 0) is 14.4 Å². The number of nitrogens with zero attached hydrogens (tertiary/aromatic N) is 1. The van der Waals surface area contributed by atoms with Gasteiger partial charge in [-0.15, -0.1) is 0 Å². The van der Waals surface area contributed by atoms with Crippen LogP contribution in [0.15, 0.2) is 11.1 Å². The Balaban J connectivity index is 2.21. The van der Waals surface area contributed by atoms with E-state index in [1.807, 2.05) is 0 Å². The molecule has 1 aliphatic carbocycles. The predicted molar refractivity (Wildman–Crippen MR) is 54.5 cm³/mol. The standard InChI is InChI=1S/C10H10ClNO4/c11-5-1-2-6-7(3-5)10(16)12(9(6)15)4-8(13)14/h1,6-7H,2-4H2,(H,13,14)/t6-,7-/m1/s1. The maximum atomic E-state index is 11.8. The Labute approximate surface area is 96.7 Å². The molecule has 1 fully saturated rings. The van der Waals surface area contributed by atoms with Gasteiger partial charge in [0.1, 0.15) is 6.54 Å². The average Bonchev–Trinajstić information content (AvgIpc) is 2.43. The van der Waals surface area contributed by atoms with Crippen molar-refractivity contribution in [3.8, 4) is 0 Å². The second kappa shape index (κ2) is 3.90. The van der Waals surface area contributed by atoms with Crippen LogP contribution in [0.3, 0.4) is 0 Å². The molecule has 2 atom stereocenters. The normalized spacial score (nSPS) is 29.1. The van der Waals surface area contributed by atoms with Crippen LogP contribution < -0.4 is 0 Å². The number of allylic oxidation sites excluding steroid dienone is 2. The molecule has 0 unspecified atom stereocenters. The largest absolute Gasteiger partial charge is 0.480 e. The number of carbonyl (C=O) groups excluding carboxylic acids is 2. The van der Waals surface area contributed by atoms with E-state index >= 15 is 0 Å². The fourth-order valence-corrected chi connectivity index (χ4v) is 2.44. The second-order valence-corrected chi connectivity index (χ2v) is 4.45. The average molecular weight is 244 g/mol. The molecule has 1 N–H and O–H groups in total. The number of amides is 2. The van der Waals surface area contributed by atoms with E-state index in [1.54, 1.807) is 6.08 Å². The second-order valence-electron chi connectivity index (χ2n) is 3.96. The van der Waals surface area contributed by atoms with Gasteiger partial charge in [-0.05, 0) is 12.8 Å². The van der Waals surface area contributed by atoms with Crippen LogP contribution in [0.1, 0.15) is 12.8 Å². The molecule has 0 bridgehead atoms. The van der Waals surface area contributed by atoms with E-state index < -0.39 is 36.2 Å². The van der Waals surface area contributed by atoms with Gasteiger partial charge in [0, 0.05) is 5.03 Å². The zero-order valence-corrected chi connectivity index (χ0v) is 9.11. The molecule has 0 aromatic heterocycles. The fourth-order valence-electron chi connectivity index (χ4n) is 2.19. The van der Waals surface area contributed by atoms with Crippen molar-refractivity contribution in [2.24, 2.45) is 11.8 Å². The van der Waals surface area contributed by atoms with E-state index in [-0.39, 0.29) is 0 Å². The number of hydrogen-bond acceptors (Lipinski definition) is 3. The summed E-state index contributed by atoms with van der Waals surface area (Å²) in [4.78, 5) is 34.9. The lowest BCUT2D eigenvalue weighted by atomic mass is 9.85. The molecular formula is C10H10ClNO4. The number of hydrogen-bond donors (Lipinski definition) is 1. The molecule has 86 valence electrons. The molecule has 0 radical (unpaired) electrons. The van der Waals surface area contributed by atoms with Crippen molar-refractivity contribution in [3.63, 3.8) is 0 Å². The first-order valence-electron chi connectivity index (χ1n) is 4.92. The summed E-state index contributed by atoms with van der Waals surface area (Å²) in [6.45, 7) is -0.553. The number of aliphatic carboxylic acids is 1. The molecule has 16 heavy (non-hydrogen) atoms. The highest BCUT2D eigenvalue weighted by Crippen LogP contribution is 2.38. The van der Waals surface area contributed by atoms with Crippen LogP contribution in [0.5, 0.6) is 0 Å². The third kappa shape index (κ3) is 1.71. The minimum atomic E-state index is -1.18. The Morgan fingerprint density at radius 3 is 2.69 bits per heavy atom. The lowest BCUT2D eigenvalue weighted by Crippen LogP contribution is -2.35. The SMILES string of the molecule is O=C(O)CN1C(=O)[C@@H]2CC=C(Cl)C[C@H]2C1=O. The zero-order chi connectivity index (χ0) is 11.9. The third-order valence-electron chi connectivity index (χ3n) is 2.95. The summed E-state index contributed by atoms with van der Waals surface area (Å²) in [6.07, 6.45) is 2.48. The number of imide groups is 1. The van der Waals surface area contributed by atoms with Crippen LogP contribution >= 0.6 is 11.6 Å². The summed E-state index contributed by atoms with van der Waals surface area (Å²) in [5, 5.41) is 9.18. The summed E-state index contributed by atoms with van der Waals surface area (Å²) in [5.41, 5.74) is 0. The molecule has 2 aliphatic rings. The van der Waals surface area contributed by atoms with Gasteiger partial charge in [0.25, 0.3) is 0 Å². The van der Waals surface area contributed by atoms with E-state index in [0.717, 1.165) is 4.90 Å². The highest BCUT2D eigenvalue weighted by molar-refractivity contribution is 6.30. The van der Waals surface area contributed by atoms with Gasteiger partial charge in [0.2, 0.25) is 11.8 Å². The van der Waals surface area contributed by atoms with E-state index in [4.69, 9.17) is 16.7 Å². The summed E-state index contributed by atoms with van der Waals surface area (Å²) >= 11 is 5.81. The number of likely N-dealkylation sites (tertiary alicyclic amines) is 1. The van der Waals surface area contributed by atoms with E-state index in [9.17, 15) is 14.4 Å².